The fraction of sp³-hybridized carbons (Fsp3) is 0.250. The molecule has 7 heteroatoms. The second-order valence-corrected chi connectivity index (χ2v) is 5.53. The average Bonchev–Trinajstić information content (AvgIpc) is 2.85. The van der Waals surface area contributed by atoms with Crippen LogP contribution in [0.4, 0.5) is 5.82 Å². The predicted molar refractivity (Wildman–Crippen MR) is 74.7 cm³/mol. The monoisotopic (exact) mass is 297 g/mol. The molecule has 0 amide bonds. The molecule has 100 valence electrons. The molecule has 0 saturated heterocycles. The lowest BCUT2D eigenvalue weighted by atomic mass is 10.3. The summed E-state index contributed by atoms with van der Waals surface area (Å²) in [6, 6.07) is 3.88. The lowest BCUT2D eigenvalue weighted by molar-refractivity contribution is 0.0593. The minimum Gasteiger partial charge on any atom is -0.464 e. The number of carbonyl (C=O) groups is 1. The molecule has 2 rings (SSSR count). The van der Waals surface area contributed by atoms with Crippen molar-refractivity contribution in [2.45, 2.75) is 13.0 Å². The van der Waals surface area contributed by atoms with E-state index in [2.05, 4.69) is 20.0 Å². The minimum absolute atomic E-state index is 0.0655. The van der Waals surface area contributed by atoms with Crippen molar-refractivity contribution < 1.29 is 9.53 Å². The van der Waals surface area contributed by atoms with Crippen molar-refractivity contribution >= 4 is 34.7 Å². The molecule has 0 aliphatic rings. The van der Waals surface area contributed by atoms with Gasteiger partial charge in [-0.1, -0.05) is 11.6 Å². The number of carbonyl (C=O) groups excluding carboxylic acids is 1. The summed E-state index contributed by atoms with van der Waals surface area (Å²) in [6.45, 7) is 2.00. The van der Waals surface area contributed by atoms with Crippen molar-refractivity contribution in [3.63, 3.8) is 0 Å². The molecule has 0 fully saturated rings. The molecular formula is C12H12ClN3O2S. The molecule has 19 heavy (non-hydrogen) atoms. The maximum atomic E-state index is 11.2. The van der Waals surface area contributed by atoms with E-state index < -0.39 is 5.97 Å². The Bertz CT molecular complexity index is 571. The van der Waals surface area contributed by atoms with Gasteiger partial charge in [0.2, 0.25) is 0 Å². The molecule has 2 heterocycles. The zero-order valence-electron chi connectivity index (χ0n) is 10.4. The quantitative estimate of drug-likeness (QED) is 0.878. The van der Waals surface area contributed by atoms with Crippen LogP contribution in [-0.4, -0.2) is 23.0 Å². The van der Waals surface area contributed by atoms with E-state index in [1.165, 1.54) is 30.8 Å². The van der Waals surface area contributed by atoms with E-state index in [0.29, 0.717) is 5.82 Å². The van der Waals surface area contributed by atoms with Crippen molar-refractivity contribution in [2.75, 3.05) is 12.4 Å². The maximum Gasteiger partial charge on any atom is 0.358 e. The van der Waals surface area contributed by atoms with Gasteiger partial charge in [-0.2, -0.15) is 0 Å². The Kier molecular flexibility index (Phi) is 4.34. The first-order valence-corrected chi connectivity index (χ1v) is 6.71. The number of anilines is 1. The minimum atomic E-state index is -0.503. The van der Waals surface area contributed by atoms with Crippen LogP contribution < -0.4 is 5.32 Å². The Labute approximate surface area is 119 Å². The van der Waals surface area contributed by atoms with Crippen LogP contribution in [0, 0.1) is 0 Å². The van der Waals surface area contributed by atoms with Crippen molar-refractivity contribution in [1.82, 2.24) is 9.97 Å². The Morgan fingerprint density at radius 2 is 2.21 bits per heavy atom. The fourth-order valence-corrected chi connectivity index (χ4v) is 2.53. The molecule has 1 N–H and O–H groups in total. The van der Waals surface area contributed by atoms with E-state index in [1.807, 2.05) is 19.1 Å². The number of nitrogens with zero attached hydrogens (tertiary/aromatic N) is 2. The van der Waals surface area contributed by atoms with Crippen LogP contribution in [-0.2, 0) is 4.74 Å². The molecule has 5 nitrogen and oxygen atoms in total. The molecule has 0 aromatic carbocycles. The number of methoxy groups -OCH3 is 1. The third kappa shape index (κ3) is 3.42. The van der Waals surface area contributed by atoms with Gasteiger partial charge in [0.05, 0.1) is 29.9 Å². The van der Waals surface area contributed by atoms with Gasteiger partial charge in [-0.15, -0.1) is 11.3 Å². The normalized spacial score (nSPS) is 11.9. The second-order valence-electron chi connectivity index (χ2n) is 3.79. The topological polar surface area (TPSA) is 64.1 Å². The largest absolute Gasteiger partial charge is 0.464 e. The molecule has 0 spiro atoms. The number of rotatable bonds is 4. The number of thiophene rings is 1. The smallest absolute Gasteiger partial charge is 0.358 e. The molecule has 0 radical (unpaired) electrons. The molecule has 0 saturated carbocycles. The van der Waals surface area contributed by atoms with Gasteiger partial charge in [0.25, 0.3) is 0 Å². The SMILES string of the molecule is COC(=O)c1cnc(NC(C)c2ccc(Cl)s2)cn1. The highest BCUT2D eigenvalue weighted by atomic mass is 35.5. The Morgan fingerprint density at radius 3 is 2.74 bits per heavy atom. The highest BCUT2D eigenvalue weighted by Crippen LogP contribution is 2.28. The van der Waals surface area contributed by atoms with Crippen LogP contribution in [0.5, 0.6) is 0 Å². The maximum absolute atomic E-state index is 11.2. The summed E-state index contributed by atoms with van der Waals surface area (Å²) in [5.41, 5.74) is 0.180. The fourth-order valence-electron chi connectivity index (χ4n) is 1.47. The Morgan fingerprint density at radius 1 is 1.42 bits per heavy atom. The van der Waals surface area contributed by atoms with Crippen LogP contribution in [0.1, 0.15) is 28.3 Å². The molecule has 2 aromatic rings. The van der Waals surface area contributed by atoms with E-state index in [0.717, 1.165) is 9.21 Å². The number of aromatic nitrogens is 2. The lowest BCUT2D eigenvalue weighted by Crippen LogP contribution is -2.09. The molecule has 2 aromatic heterocycles. The summed E-state index contributed by atoms with van der Waals surface area (Å²) in [7, 11) is 1.30. The highest BCUT2D eigenvalue weighted by molar-refractivity contribution is 7.16. The van der Waals surface area contributed by atoms with E-state index >= 15 is 0 Å². The third-order valence-corrected chi connectivity index (χ3v) is 3.85. The number of nitrogens with one attached hydrogen (secondary N) is 1. The zero-order chi connectivity index (χ0) is 13.8. The summed E-state index contributed by atoms with van der Waals surface area (Å²) < 4.78 is 5.30. The summed E-state index contributed by atoms with van der Waals surface area (Å²) >= 11 is 7.40. The number of hydrogen-bond donors (Lipinski definition) is 1. The van der Waals surface area contributed by atoms with Crippen molar-refractivity contribution in [1.29, 1.82) is 0 Å². The number of halogens is 1. The summed E-state index contributed by atoms with van der Waals surface area (Å²) in [5, 5.41) is 3.18. The number of hydrogen-bond acceptors (Lipinski definition) is 6. The van der Waals surface area contributed by atoms with Crippen LogP contribution in [0.15, 0.2) is 24.5 Å². The first kappa shape index (κ1) is 13.8. The average molecular weight is 298 g/mol. The van der Waals surface area contributed by atoms with Crippen LogP contribution >= 0.6 is 22.9 Å². The van der Waals surface area contributed by atoms with Gasteiger partial charge in [-0.05, 0) is 19.1 Å². The molecule has 0 bridgehead atoms. The first-order chi connectivity index (χ1) is 9.10. The highest BCUT2D eigenvalue weighted by Gasteiger charge is 2.11. The molecule has 1 unspecified atom stereocenters. The van der Waals surface area contributed by atoms with E-state index in [1.54, 1.807) is 0 Å². The number of esters is 1. The van der Waals surface area contributed by atoms with Crippen molar-refractivity contribution in [3.05, 3.63) is 39.4 Å². The zero-order valence-corrected chi connectivity index (χ0v) is 12.0. The molecule has 1 atom stereocenters. The van der Waals surface area contributed by atoms with Crippen LogP contribution in [0.2, 0.25) is 4.34 Å². The Balaban J connectivity index is 2.05. The summed E-state index contributed by atoms with van der Waals surface area (Å²) in [5.74, 6) is 0.0850. The lowest BCUT2D eigenvalue weighted by Gasteiger charge is -2.12. The van der Waals surface area contributed by atoms with Crippen LogP contribution in [0.25, 0.3) is 0 Å². The molecular weight excluding hydrogens is 286 g/mol. The van der Waals surface area contributed by atoms with E-state index in [9.17, 15) is 4.79 Å². The van der Waals surface area contributed by atoms with Gasteiger partial charge in [-0.3, -0.25) is 0 Å². The van der Waals surface area contributed by atoms with Crippen molar-refractivity contribution in [2.24, 2.45) is 0 Å². The number of ether oxygens (including phenoxy) is 1. The van der Waals surface area contributed by atoms with Gasteiger partial charge < -0.3 is 10.1 Å². The van der Waals surface area contributed by atoms with Crippen molar-refractivity contribution in [3.8, 4) is 0 Å². The van der Waals surface area contributed by atoms with E-state index in [4.69, 9.17) is 11.6 Å². The van der Waals surface area contributed by atoms with Gasteiger partial charge >= 0.3 is 5.97 Å². The molecule has 0 aliphatic carbocycles. The summed E-state index contributed by atoms with van der Waals surface area (Å²) in [4.78, 5) is 20.4. The summed E-state index contributed by atoms with van der Waals surface area (Å²) in [6.07, 6.45) is 2.88. The third-order valence-electron chi connectivity index (χ3n) is 2.43. The van der Waals surface area contributed by atoms with Gasteiger partial charge in [0.15, 0.2) is 5.69 Å². The van der Waals surface area contributed by atoms with Crippen LogP contribution in [0.3, 0.4) is 0 Å². The molecule has 0 aliphatic heterocycles. The van der Waals surface area contributed by atoms with Gasteiger partial charge in [-0.25, -0.2) is 14.8 Å². The first-order valence-electron chi connectivity index (χ1n) is 5.52. The predicted octanol–water partition coefficient (Wildman–Crippen LogP) is 3.15. The second kappa shape index (κ2) is 5.99. The van der Waals surface area contributed by atoms with Gasteiger partial charge in [0, 0.05) is 4.88 Å². The Hall–Kier alpha value is -1.66. The van der Waals surface area contributed by atoms with E-state index in [-0.39, 0.29) is 11.7 Å². The standard InChI is InChI=1S/C12H12ClN3O2S/c1-7(9-3-4-10(13)19-9)16-11-6-14-8(5-15-11)12(17)18-2/h3-7H,1-2H3,(H,15,16). The van der Waals surface area contributed by atoms with Gasteiger partial charge in [0.1, 0.15) is 5.82 Å².